The van der Waals surface area contributed by atoms with Crippen LogP contribution in [-0.4, -0.2) is 48.5 Å². The lowest BCUT2D eigenvalue weighted by Crippen LogP contribution is -2.60. The zero-order valence-electron chi connectivity index (χ0n) is 14.8. The number of likely N-dealkylation sites (N-methyl/N-ethyl adjacent to an activating group) is 1. The molecule has 1 aliphatic carbocycles. The summed E-state index contributed by atoms with van der Waals surface area (Å²) in [6.07, 6.45) is 5.80. The molecule has 0 heterocycles. The third-order valence-corrected chi connectivity index (χ3v) is 3.81. The minimum Gasteiger partial charge on any atom is -0.463 e. The number of esters is 2. The average molecular weight is 335 g/mol. The second kappa shape index (κ2) is 9.11. The molecular weight excluding hydrogens is 310 g/mol. The molecule has 0 fully saturated rings. The van der Waals surface area contributed by atoms with Crippen molar-refractivity contribution < 1.29 is 23.9 Å². The van der Waals surface area contributed by atoms with E-state index in [2.05, 4.69) is 11.8 Å². The van der Waals surface area contributed by atoms with Gasteiger partial charge in [-0.05, 0) is 51.0 Å². The van der Waals surface area contributed by atoms with Gasteiger partial charge in [-0.25, -0.2) is 9.59 Å². The Balaban J connectivity index is 3.41. The summed E-state index contributed by atoms with van der Waals surface area (Å²) >= 11 is 0. The molecule has 0 unspecified atom stereocenters. The van der Waals surface area contributed by atoms with Crippen molar-refractivity contribution in [1.82, 2.24) is 4.90 Å². The van der Waals surface area contributed by atoms with E-state index in [4.69, 9.17) is 9.47 Å². The van der Waals surface area contributed by atoms with Crippen molar-refractivity contribution in [2.75, 3.05) is 20.3 Å². The van der Waals surface area contributed by atoms with Crippen LogP contribution in [-0.2, 0) is 23.9 Å². The fourth-order valence-electron chi connectivity index (χ4n) is 2.37. The maximum atomic E-state index is 12.6. The van der Waals surface area contributed by atoms with Crippen molar-refractivity contribution in [2.24, 2.45) is 0 Å². The minimum absolute atomic E-state index is 0.0656. The van der Waals surface area contributed by atoms with Crippen LogP contribution in [0, 0.1) is 11.8 Å². The first-order valence-electron chi connectivity index (χ1n) is 8.21. The molecule has 0 aromatic rings. The maximum absolute atomic E-state index is 12.6. The van der Waals surface area contributed by atoms with Crippen LogP contribution >= 0.6 is 0 Å². The van der Waals surface area contributed by atoms with E-state index in [-0.39, 0.29) is 13.2 Å². The number of ether oxygens (including phenoxy) is 2. The fourth-order valence-corrected chi connectivity index (χ4v) is 2.37. The second-order valence-corrected chi connectivity index (χ2v) is 5.45. The van der Waals surface area contributed by atoms with Gasteiger partial charge in [0.2, 0.25) is 5.91 Å². The molecule has 0 radical (unpaired) electrons. The zero-order valence-corrected chi connectivity index (χ0v) is 14.8. The van der Waals surface area contributed by atoms with Gasteiger partial charge in [-0.15, -0.1) is 0 Å². The Hall–Kier alpha value is -2.29. The van der Waals surface area contributed by atoms with E-state index in [0.717, 1.165) is 36.2 Å². The topological polar surface area (TPSA) is 72.9 Å². The highest BCUT2D eigenvalue weighted by Crippen LogP contribution is 2.21. The molecule has 132 valence electrons. The fraction of sp³-hybridized carbons (Fsp3) is 0.611. The van der Waals surface area contributed by atoms with E-state index in [1.54, 1.807) is 13.8 Å². The normalized spacial score (nSPS) is 13.9. The molecule has 1 amide bonds. The summed E-state index contributed by atoms with van der Waals surface area (Å²) in [5.41, 5.74) is -1.23. The van der Waals surface area contributed by atoms with Crippen molar-refractivity contribution >= 4 is 17.8 Å². The first-order chi connectivity index (χ1) is 11.4. The smallest absolute Gasteiger partial charge is 0.356 e. The largest absolute Gasteiger partial charge is 0.463 e. The molecule has 0 bridgehead atoms. The zero-order chi connectivity index (χ0) is 18.2. The summed E-state index contributed by atoms with van der Waals surface area (Å²) in [5, 5.41) is 0. The predicted octanol–water partition coefficient (Wildman–Crippen LogP) is 1.83. The van der Waals surface area contributed by atoms with Crippen molar-refractivity contribution in [3.05, 3.63) is 11.6 Å². The number of allylic oxidation sites excluding steroid dienone is 2. The van der Waals surface area contributed by atoms with Crippen LogP contribution in [0.3, 0.4) is 0 Å². The summed E-state index contributed by atoms with van der Waals surface area (Å²) in [6.45, 7) is 4.64. The van der Waals surface area contributed by atoms with Crippen LogP contribution in [0.1, 0.15) is 46.5 Å². The number of amides is 1. The Morgan fingerprint density at radius 3 is 2.17 bits per heavy atom. The summed E-state index contributed by atoms with van der Waals surface area (Å²) < 4.78 is 10.1. The second-order valence-electron chi connectivity index (χ2n) is 5.45. The van der Waals surface area contributed by atoms with Gasteiger partial charge in [0.1, 0.15) is 0 Å². The lowest BCUT2D eigenvalue weighted by atomic mass is 9.95. The Morgan fingerprint density at radius 2 is 1.75 bits per heavy atom. The Bertz CT molecular complexity index is 564. The third kappa shape index (κ3) is 4.38. The third-order valence-electron chi connectivity index (χ3n) is 3.81. The lowest BCUT2D eigenvalue weighted by molar-refractivity contribution is -0.172. The number of carbonyl (C=O) groups excluding carboxylic acids is 3. The molecule has 0 saturated carbocycles. The minimum atomic E-state index is -2.09. The highest BCUT2D eigenvalue weighted by Gasteiger charge is 2.53. The summed E-state index contributed by atoms with van der Waals surface area (Å²) in [6, 6.07) is 0. The molecule has 6 heteroatoms. The van der Waals surface area contributed by atoms with Gasteiger partial charge in [-0.1, -0.05) is 12.0 Å². The molecule has 1 aliphatic rings. The van der Waals surface area contributed by atoms with E-state index in [1.165, 1.54) is 14.0 Å². The van der Waals surface area contributed by atoms with Gasteiger partial charge < -0.3 is 14.4 Å². The van der Waals surface area contributed by atoms with Gasteiger partial charge in [0.25, 0.3) is 0 Å². The highest BCUT2D eigenvalue weighted by molar-refractivity contribution is 6.11. The molecule has 24 heavy (non-hydrogen) atoms. The number of rotatable bonds is 5. The molecule has 0 spiro atoms. The molecule has 0 aromatic heterocycles. The summed E-state index contributed by atoms with van der Waals surface area (Å²) in [5.74, 6) is 3.30. The van der Waals surface area contributed by atoms with E-state index in [0.29, 0.717) is 0 Å². The van der Waals surface area contributed by atoms with Gasteiger partial charge in [0.15, 0.2) is 0 Å². The predicted molar refractivity (Wildman–Crippen MR) is 88.8 cm³/mol. The van der Waals surface area contributed by atoms with Gasteiger partial charge in [-0.2, -0.15) is 0 Å². The van der Waals surface area contributed by atoms with Crippen molar-refractivity contribution in [3.63, 3.8) is 0 Å². The van der Waals surface area contributed by atoms with Gasteiger partial charge in [-0.3, -0.25) is 4.79 Å². The van der Waals surface area contributed by atoms with Crippen molar-refractivity contribution in [1.29, 1.82) is 0 Å². The number of carbonyl (C=O) groups is 3. The Kier molecular flexibility index (Phi) is 7.50. The average Bonchev–Trinajstić information content (AvgIpc) is 2.56. The lowest BCUT2D eigenvalue weighted by Gasteiger charge is -2.32. The van der Waals surface area contributed by atoms with Crippen LogP contribution in [0.5, 0.6) is 0 Å². The van der Waals surface area contributed by atoms with Crippen LogP contribution < -0.4 is 0 Å². The van der Waals surface area contributed by atoms with Crippen LogP contribution in [0.15, 0.2) is 11.6 Å². The Morgan fingerprint density at radius 1 is 1.17 bits per heavy atom. The summed E-state index contributed by atoms with van der Waals surface area (Å²) in [4.78, 5) is 38.0. The van der Waals surface area contributed by atoms with Crippen molar-refractivity contribution in [3.8, 4) is 11.8 Å². The molecule has 0 saturated heterocycles. The van der Waals surface area contributed by atoms with Crippen LogP contribution in [0.2, 0.25) is 0 Å². The first-order valence-corrected chi connectivity index (χ1v) is 8.21. The number of hydrogen-bond acceptors (Lipinski definition) is 5. The molecule has 0 N–H and O–H groups in total. The SMILES string of the molecule is CCOC(=O)C(C#CC1=CCCCC1)(C(=O)OCC)N(C)C(C)=O. The Labute approximate surface area is 143 Å². The van der Waals surface area contributed by atoms with Crippen LogP contribution in [0.4, 0.5) is 0 Å². The highest BCUT2D eigenvalue weighted by atomic mass is 16.6. The molecule has 6 nitrogen and oxygen atoms in total. The molecular formula is C18H25NO5. The molecule has 0 aliphatic heterocycles. The van der Waals surface area contributed by atoms with Crippen LogP contribution in [0.25, 0.3) is 0 Å². The monoisotopic (exact) mass is 335 g/mol. The molecule has 1 rings (SSSR count). The van der Waals surface area contributed by atoms with Crippen molar-refractivity contribution in [2.45, 2.75) is 52.0 Å². The first kappa shape index (κ1) is 19.8. The van der Waals surface area contributed by atoms with Gasteiger partial charge in [0, 0.05) is 14.0 Å². The quantitative estimate of drug-likeness (QED) is 0.435. The van der Waals surface area contributed by atoms with E-state index < -0.39 is 23.4 Å². The number of hydrogen-bond donors (Lipinski definition) is 0. The molecule has 0 aromatic carbocycles. The van der Waals surface area contributed by atoms with E-state index >= 15 is 0 Å². The maximum Gasteiger partial charge on any atom is 0.356 e. The number of nitrogens with zero attached hydrogens (tertiary/aromatic N) is 1. The van der Waals surface area contributed by atoms with E-state index in [9.17, 15) is 14.4 Å². The van der Waals surface area contributed by atoms with Gasteiger partial charge in [0.05, 0.1) is 13.2 Å². The summed E-state index contributed by atoms with van der Waals surface area (Å²) in [7, 11) is 1.35. The standard InChI is InChI=1S/C18H25NO5/c1-5-23-16(21)18(17(22)24-6-2,19(4)14(3)20)13-12-15-10-8-7-9-11-15/h10H,5-9,11H2,1-4H3. The van der Waals surface area contributed by atoms with E-state index in [1.807, 2.05) is 6.08 Å². The molecule has 0 atom stereocenters. The van der Waals surface area contributed by atoms with Gasteiger partial charge >= 0.3 is 17.5 Å².